The fraction of sp³-hybridized carbons (Fsp3) is 0.533. The summed E-state index contributed by atoms with van der Waals surface area (Å²) in [6.07, 6.45) is 0. The van der Waals surface area contributed by atoms with Crippen LogP contribution in [0.3, 0.4) is 0 Å². The third kappa shape index (κ3) is 4.56. The number of nitrogens with zero attached hydrogens (tertiary/aromatic N) is 1. The molecule has 0 heterocycles. The first-order chi connectivity index (χ1) is 9.10. The van der Waals surface area contributed by atoms with Gasteiger partial charge in [-0.2, -0.15) is 0 Å². The van der Waals surface area contributed by atoms with Crippen LogP contribution in [0, 0.1) is 0 Å². The quantitative estimate of drug-likeness (QED) is 0.821. The van der Waals surface area contributed by atoms with Crippen molar-refractivity contribution in [2.75, 3.05) is 26.7 Å². The van der Waals surface area contributed by atoms with Crippen molar-refractivity contribution in [1.29, 1.82) is 0 Å². The normalized spacial score (nSPS) is 12.0. The first kappa shape index (κ1) is 15.5. The Morgan fingerprint density at radius 3 is 2.68 bits per heavy atom. The largest absolute Gasteiger partial charge is 0.494 e. The first-order valence-corrected chi connectivity index (χ1v) is 6.79. The van der Waals surface area contributed by atoms with Crippen LogP contribution in [0.2, 0.25) is 0 Å². The van der Waals surface area contributed by atoms with E-state index in [1.54, 1.807) is 4.90 Å². The molecule has 1 aromatic carbocycles. The van der Waals surface area contributed by atoms with Crippen molar-refractivity contribution in [3.05, 3.63) is 29.8 Å². The minimum atomic E-state index is 0.0805. The van der Waals surface area contributed by atoms with Gasteiger partial charge in [0.1, 0.15) is 5.75 Å². The van der Waals surface area contributed by atoms with E-state index < -0.39 is 0 Å². The molecule has 0 fully saturated rings. The van der Waals surface area contributed by atoms with Crippen LogP contribution in [0.4, 0.5) is 0 Å². The van der Waals surface area contributed by atoms with Gasteiger partial charge in [0.05, 0.1) is 13.2 Å². The van der Waals surface area contributed by atoms with Crippen LogP contribution in [0.5, 0.6) is 5.75 Å². The second-order valence-electron chi connectivity index (χ2n) is 4.48. The zero-order chi connectivity index (χ0) is 14.3. The molecule has 106 valence electrons. The molecule has 1 atom stereocenters. The van der Waals surface area contributed by atoms with E-state index in [1.165, 1.54) is 0 Å². The Morgan fingerprint density at radius 2 is 2.05 bits per heavy atom. The number of ether oxygens (including phenoxy) is 1. The Labute approximate surface area is 115 Å². The summed E-state index contributed by atoms with van der Waals surface area (Å²) in [5.41, 5.74) is 1.08. The number of carbonyl (C=O) groups excluding carboxylic acids is 1. The predicted molar refractivity (Wildman–Crippen MR) is 77.3 cm³/mol. The average molecular weight is 264 g/mol. The van der Waals surface area contributed by atoms with Gasteiger partial charge >= 0.3 is 0 Å². The van der Waals surface area contributed by atoms with E-state index in [-0.39, 0.29) is 11.9 Å². The van der Waals surface area contributed by atoms with Crippen molar-refractivity contribution in [2.45, 2.75) is 26.8 Å². The summed E-state index contributed by atoms with van der Waals surface area (Å²) in [7, 11) is 1.81. The molecule has 0 bridgehead atoms. The maximum atomic E-state index is 11.8. The van der Waals surface area contributed by atoms with E-state index in [0.717, 1.165) is 17.9 Å². The monoisotopic (exact) mass is 264 g/mol. The summed E-state index contributed by atoms with van der Waals surface area (Å²) in [6, 6.07) is 8.00. The van der Waals surface area contributed by atoms with Crippen LogP contribution in [0.25, 0.3) is 0 Å². The molecule has 0 aliphatic carbocycles. The van der Waals surface area contributed by atoms with Crippen LogP contribution in [-0.2, 0) is 4.79 Å². The lowest BCUT2D eigenvalue weighted by molar-refractivity contribution is -0.128. The molecule has 4 heteroatoms. The van der Waals surface area contributed by atoms with E-state index in [9.17, 15) is 4.79 Å². The molecule has 0 radical (unpaired) electrons. The summed E-state index contributed by atoms with van der Waals surface area (Å²) >= 11 is 0. The standard InChI is InChI=1S/C15H24N2O2/c1-5-17(4)15(18)11-16-12(3)13-9-7-8-10-14(13)19-6-2/h7-10,12,16H,5-6,11H2,1-4H3. The zero-order valence-electron chi connectivity index (χ0n) is 12.3. The minimum Gasteiger partial charge on any atom is -0.494 e. The number of amides is 1. The van der Waals surface area contributed by atoms with Gasteiger partial charge in [0.2, 0.25) is 5.91 Å². The van der Waals surface area contributed by atoms with Gasteiger partial charge < -0.3 is 15.0 Å². The number of hydrogen-bond acceptors (Lipinski definition) is 3. The molecule has 0 saturated heterocycles. The topological polar surface area (TPSA) is 41.6 Å². The van der Waals surface area contributed by atoms with Gasteiger partial charge in [0, 0.05) is 25.2 Å². The van der Waals surface area contributed by atoms with Crippen molar-refractivity contribution in [3.8, 4) is 5.75 Å². The third-order valence-electron chi connectivity index (χ3n) is 3.14. The summed E-state index contributed by atoms with van der Waals surface area (Å²) in [5, 5.41) is 3.24. The summed E-state index contributed by atoms with van der Waals surface area (Å²) < 4.78 is 5.60. The molecule has 1 amide bonds. The van der Waals surface area contributed by atoms with E-state index in [4.69, 9.17) is 4.74 Å². The molecule has 0 aliphatic heterocycles. The average Bonchev–Trinajstić information content (AvgIpc) is 2.44. The second kappa shape index (κ2) is 7.79. The molecular formula is C15H24N2O2. The molecular weight excluding hydrogens is 240 g/mol. The maximum absolute atomic E-state index is 11.8. The van der Waals surface area contributed by atoms with Gasteiger partial charge in [-0.05, 0) is 26.8 Å². The van der Waals surface area contributed by atoms with Crippen molar-refractivity contribution in [2.24, 2.45) is 0 Å². The highest BCUT2D eigenvalue weighted by atomic mass is 16.5. The number of benzene rings is 1. The minimum absolute atomic E-state index is 0.0805. The molecule has 1 rings (SSSR count). The van der Waals surface area contributed by atoms with E-state index in [1.807, 2.05) is 52.1 Å². The van der Waals surface area contributed by atoms with Crippen molar-refractivity contribution < 1.29 is 9.53 Å². The Balaban J connectivity index is 2.63. The van der Waals surface area contributed by atoms with E-state index >= 15 is 0 Å². The van der Waals surface area contributed by atoms with Crippen molar-refractivity contribution in [1.82, 2.24) is 10.2 Å². The molecule has 0 spiro atoms. The number of nitrogens with one attached hydrogen (secondary N) is 1. The zero-order valence-corrected chi connectivity index (χ0v) is 12.3. The highest BCUT2D eigenvalue weighted by Gasteiger charge is 2.13. The number of rotatable bonds is 7. The van der Waals surface area contributed by atoms with Gasteiger partial charge in [0.25, 0.3) is 0 Å². The van der Waals surface area contributed by atoms with Crippen LogP contribution in [-0.4, -0.2) is 37.6 Å². The van der Waals surface area contributed by atoms with Crippen LogP contribution in [0.1, 0.15) is 32.4 Å². The van der Waals surface area contributed by atoms with Crippen LogP contribution < -0.4 is 10.1 Å². The highest BCUT2D eigenvalue weighted by molar-refractivity contribution is 5.77. The fourth-order valence-corrected chi connectivity index (χ4v) is 1.79. The number of likely N-dealkylation sites (N-methyl/N-ethyl adjacent to an activating group) is 1. The Hall–Kier alpha value is -1.55. The van der Waals surface area contributed by atoms with Gasteiger partial charge in [-0.25, -0.2) is 0 Å². The van der Waals surface area contributed by atoms with Crippen LogP contribution in [0.15, 0.2) is 24.3 Å². The predicted octanol–water partition coefficient (Wildman–Crippen LogP) is 2.21. The maximum Gasteiger partial charge on any atom is 0.236 e. The molecule has 4 nitrogen and oxygen atoms in total. The number of carbonyl (C=O) groups is 1. The van der Waals surface area contributed by atoms with Crippen molar-refractivity contribution >= 4 is 5.91 Å². The molecule has 0 aromatic heterocycles. The Kier molecular flexibility index (Phi) is 6.36. The Bertz CT molecular complexity index is 407. The summed E-state index contributed by atoms with van der Waals surface area (Å²) in [6.45, 7) is 7.68. The molecule has 19 heavy (non-hydrogen) atoms. The Morgan fingerprint density at radius 1 is 1.37 bits per heavy atom. The van der Waals surface area contributed by atoms with Gasteiger partial charge in [-0.1, -0.05) is 18.2 Å². The molecule has 1 unspecified atom stereocenters. The number of para-hydroxylation sites is 1. The van der Waals surface area contributed by atoms with E-state index in [2.05, 4.69) is 5.32 Å². The van der Waals surface area contributed by atoms with Gasteiger partial charge in [0.15, 0.2) is 0 Å². The van der Waals surface area contributed by atoms with Gasteiger partial charge in [-0.15, -0.1) is 0 Å². The number of hydrogen-bond donors (Lipinski definition) is 1. The fourth-order valence-electron chi connectivity index (χ4n) is 1.79. The lowest BCUT2D eigenvalue weighted by atomic mass is 10.1. The SMILES string of the molecule is CCOc1ccccc1C(C)NCC(=O)N(C)CC. The first-order valence-electron chi connectivity index (χ1n) is 6.79. The lowest BCUT2D eigenvalue weighted by Gasteiger charge is -2.20. The second-order valence-corrected chi connectivity index (χ2v) is 4.48. The third-order valence-corrected chi connectivity index (χ3v) is 3.14. The molecule has 0 aliphatic rings. The smallest absolute Gasteiger partial charge is 0.236 e. The summed E-state index contributed by atoms with van der Waals surface area (Å²) in [4.78, 5) is 13.5. The van der Waals surface area contributed by atoms with E-state index in [0.29, 0.717) is 13.2 Å². The molecule has 0 saturated carbocycles. The summed E-state index contributed by atoms with van der Waals surface area (Å²) in [5.74, 6) is 0.976. The molecule has 1 aromatic rings. The van der Waals surface area contributed by atoms with Gasteiger partial charge in [-0.3, -0.25) is 4.79 Å². The highest BCUT2D eigenvalue weighted by Crippen LogP contribution is 2.24. The lowest BCUT2D eigenvalue weighted by Crippen LogP contribution is -2.36. The van der Waals surface area contributed by atoms with Crippen LogP contribution >= 0.6 is 0 Å². The van der Waals surface area contributed by atoms with Crippen molar-refractivity contribution in [3.63, 3.8) is 0 Å². The molecule has 1 N–H and O–H groups in total.